The van der Waals surface area contributed by atoms with Crippen LogP contribution in [-0.2, 0) is 4.79 Å². The number of thioether (sulfide) groups is 1. The van der Waals surface area contributed by atoms with Crippen molar-refractivity contribution >= 4 is 23.4 Å². The quantitative estimate of drug-likeness (QED) is 0.766. The van der Waals surface area contributed by atoms with Gasteiger partial charge in [-0.3, -0.25) is 4.79 Å². The van der Waals surface area contributed by atoms with Crippen molar-refractivity contribution < 1.29 is 4.79 Å². The van der Waals surface area contributed by atoms with E-state index in [9.17, 15) is 4.79 Å². The molecule has 1 saturated carbocycles. The van der Waals surface area contributed by atoms with Gasteiger partial charge in [0.25, 0.3) is 0 Å². The number of aryl methyl sites for hydroxylation is 1. The molecular formula is C18H24N4OS. The fraction of sp³-hybridized carbons (Fsp3) is 0.500. The van der Waals surface area contributed by atoms with Crippen LogP contribution in [0.1, 0.15) is 56.5 Å². The van der Waals surface area contributed by atoms with E-state index >= 15 is 0 Å². The maximum absolute atomic E-state index is 12.4. The summed E-state index contributed by atoms with van der Waals surface area (Å²) in [5.74, 6) is 1.70. The van der Waals surface area contributed by atoms with Crippen molar-refractivity contribution in [1.29, 1.82) is 0 Å². The van der Waals surface area contributed by atoms with Crippen LogP contribution < -0.4 is 5.32 Å². The zero-order chi connectivity index (χ0) is 17.1. The molecule has 0 aliphatic heterocycles. The summed E-state index contributed by atoms with van der Waals surface area (Å²) in [4.78, 5) is 12.4. The van der Waals surface area contributed by atoms with Crippen LogP contribution in [0.4, 0.5) is 5.69 Å². The number of para-hydroxylation sites is 1. The molecule has 0 unspecified atom stereocenters. The standard InChI is InChI=1S/C18H24N4OS/c1-4-12(2)15-7-5-6-8-16(15)19-17(23)11-24-18-21-20-13(3)22(18)14-9-10-14/h5-8,12,14H,4,9-11H2,1-3H3,(H,19,23)/t12-/m0/s1. The smallest absolute Gasteiger partial charge is 0.234 e. The maximum Gasteiger partial charge on any atom is 0.234 e. The first-order chi connectivity index (χ1) is 11.6. The Morgan fingerprint density at radius 2 is 2.12 bits per heavy atom. The fourth-order valence-electron chi connectivity index (χ4n) is 2.78. The number of amides is 1. The Hall–Kier alpha value is -1.82. The molecule has 1 atom stereocenters. The van der Waals surface area contributed by atoms with Crippen molar-refractivity contribution in [3.8, 4) is 0 Å². The fourth-order valence-corrected chi connectivity index (χ4v) is 3.63. The van der Waals surface area contributed by atoms with E-state index in [-0.39, 0.29) is 5.91 Å². The molecule has 1 aliphatic carbocycles. The third-order valence-electron chi connectivity index (χ3n) is 4.46. The van der Waals surface area contributed by atoms with E-state index in [4.69, 9.17) is 0 Å². The number of nitrogens with one attached hydrogen (secondary N) is 1. The molecule has 1 fully saturated rings. The molecule has 2 aromatic rings. The number of nitrogens with zero attached hydrogens (tertiary/aromatic N) is 3. The Balaban J connectivity index is 1.63. The lowest BCUT2D eigenvalue weighted by Crippen LogP contribution is -2.16. The van der Waals surface area contributed by atoms with Crippen LogP contribution in [0.25, 0.3) is 0 Å². The molecule has 0 radical (unpaired) electrons. The first kappa shape index (κ1) is 17.0. The summed E-state index contributed by atoms with van der Waals surface area (Å²) in [6.45, 7) is 6.31. The van der Waals surface area contributed by atoms with E-state index in [2.05, 4.69) is 40.0 Å². The Labute approximate surface area is 147 Å². The van der Waals surface area contributed by atoms with Crippen molar-refractivity contribution in [2.24, 2.45) is 0 Å². The number of carbonyl (C=O) groups is 1. The van der Waals surface area contributed by atoms with Crippen molar-refractivity contribution in [1.82, 2.24) is 14.8 Å². The summed E-state index contributed by atoms with van der Waals surface area (Å²) < 4.78 is 2.16. The molecule has 1 N–H and O–H groups in total. The number of rotatable bonds is 7. The van der Waals surface area contributed by atoms with Gasteiger partial charge in [-0.15, -0.1) is 10.2 Å². The number of aromatic nitrogens is 3. The zero-order valence-corrected chi connectivity index (χ0v) is 15.3. The lowest BCUT2D eigenvalue weighted by atomic mass is 9.97. The molecule has 3 rings (SSSR count). The van der Waals surface area contributed by atoms with Crippen molar-refractivity contribution in [3.05, 3.63) is 35.7 Å². The average molecular weight is 344 g/mol. The first-order valence-corrected chi connectivity index (χ1v) is 9.51. The third kappa shape index (κ3) is 3.80. The zero-order valence-electron chi connectivity index (χ0n) is 14.5. The van der Waals surface area contributed by atoms with Gasteiger partial charge in [-0.2, -0.15) is 0 Å². The van der Waals surface area contributed by atoms with Gasteiger partial charge in [0.05, 0.1) is 5.75 Å². The predicted octanol–water partition coefficient (Wildman–Crippen LogP) is 4.17. The van der Waals surface area contributed by atoms with Crippen LogP contribution in [0, 0.1) is 6.92 Å². The van der Waals surface area contributed by atoms with Crippen LogP contribution in [0.5, 0.6) is 0 Å². The largest absolute Gasteiger partial charge is 0.325 e. The van der Waals surface area contributed by atoms with E-state index in [1.807, 2.05) is 25.1 Å². The highest BCUT2D eigenvalue weighted by atomic mass is 32.2. The van der Waals surface area contributed by atoms with Crippen molar-refractivity contribution in [3.63, 3.8) is 0 Å². The average Bonchev–Trinajstić information content (AvgIpc) is 3.35. The summed E-state index contributed by atoms with van der Waals surface area (Å²) in [7, 11) is 0. The molecule has 128 valence electrons. The van der Waals surface area contributed by atoms with E-state index < -0.39 is 0 Å². The summed E-state index contributed by atoms with van der Waals surface area (Å²) in [5.41, 5.74) is 2.10. The van der Waals surface area contributed by atoms with Crippen LogP contribution in [-0.4, -0.2) is 26.4 Å². The van der Waals surface area contributed by atoms with Gasteiger partial charge in [-0.1, -0.05) is 43.8 Å². The molecule has 0 bridgehead atoms. The second-order valence-corrected chi connectivity index (χ2v) is 7.31. The normalized spacial score (nSPS) is 15.3. The minimum atomic E-state index is -0.00115. The Morgan fingerprint density at radius 1 is 1.38 bits per heavy atom. The maximum atomic E-state index is 12.4. The van der Waals surface area contributed by atoms with Gasteiger partial charge in [0.1, 0.15) is 5.82 Å². The predicted molar refractivity (Wildman–Crippen MR) is 97.5 cm³/mol. The Bertz CT molecular complexity index is 724. The number of benzene rings is 1. The molecule has 0 spiro atoms. The molecule has 1 aromatic heterocycles. The van der Waals surface area contributed by atoms with Crippen molar-refractivity contribution in [2.75, 3.05) is 11.1 Å². The molecular weight excluding hydrogens is 320 g/mol. The topological polar surface area (TPSA) is 59.8 Å². The van der Waals surface area contributed by atoms with Gasteiger partial charge in [0, 0.05) is 11.7 Å². The number of carbonyl (C=O) groups excluding carboxylic acids is 1. The highest BCUT2D eigenvalue weighted by molar-refractivity contribution is 7.99. The van der Waals surface area contributed by atoms with E-state index in [1.165, 1.54) is 30.2 Å². The van der Waals surface area contributed by atoms with Gasteiger partial charge in [0.15, 0.2) is 5.16 Å². The minimum absolute atomic E-state index is 0.00115. The third-order valence-corrected chi connectivity index (χ3v) is 5.40. The number of hydrogen-bond acceptors (Lipinski definition) is 4. The second-order valence-electron chi connectivity index (χ2n) is 6.36. The number of anilines is 1. The SMILES string of the molecule is CC[C@H](C)c1ccccc1NC(=O)CSc1nnc(C)n1C1CC1. The van der Waals surface area contributed by atoms with Crippen LogP contribution in [0.3, 0.4) is 0 Å². The van der Waals surface area contributed by atoms with Gasteiger partial charge in [-0.05, 0) is 43.7 Å². The summed E-state index contributed by atoms with van der Waals surface area (Å²) >= 11 is 1.46. The monoisotopic (exact) mass is 344 g/mol. The van der Waals surface area contributed by atoms with Crippen LogP contribution >= 0.6 is 11.8 Å². The molecule has 24 heavy (non-hydrogen) atoms. The Morgan fingerprint density at radius 3 is 2.83 bits per heavy atom. The van der Waals surface area contributed by atoms with E-state index in [1.54, 1.807) is 0 Å². The Kier molecular flexibility index (Phi) is 5.23. The van der Waals surface area contributed by atoms with Crippen LogP contribution in [0.15, 0.2) is 29.4 Å². The first-order valence-electron chi connectivity index (χ1n) is 8.53. The summed E-state index contributed by atoms with van der Waals surface area (Å²) in [6.07, 6.45) is 3.41. The van der Waals surface area contributed by atoms with Gasteiger partial charge in [0.2, 0.25) is 5.91 Å². The highest BCUT2D eigenvalue weighted by Crippen LogP contribution is 2.38. The lowest BCUT2D eigenvalue weighted by Gasteiger charge is -2.15. The molecule has 6 heteroatoms. The molecule has 1 heterocycles. The summed E-state index contributed by atoms with van der Waals surface area (Å²) in [6, 6.07) is 8.57. The second kappa shape index (κ2) is 7.38. The van der Waals surface area contributed by atoms with E-state index in [0.29, 0.717) is 17.7 Å². The van der Waals surface area contributed by atoms with E-state index in [0.717, 1.165) is 23.1 Å². The summed E-state index contributed by atoms with van der Waals surface area (Å²) in [5, 5.41) is 12.3. The number of hydrogen-bond donors (Lipinski definition) is 1. The molecule has 0 saturated heterocycles. The molecule has 5 nitrogen and oxygen atoms in total. The minimum Gasteiger partial charge on any atom is -0.325 e. The van der Waals surface area contributed by atoms with Crippen molar-refractivity contribution in [2.45, 2.75) is 57.1 Å². The van der Waals surface area contributed by atoms with Gasteiger partial charge >= 0.3 is 0 Å². The molecule has 1 aliphatic rings. The lowest BCUT2D eigenvalue weighted by molar-refractivity contribution is -0.113. The van der Waals surface area contributed by atoms with Crippen LogP contribution in [0.2, 0.25) is 0 Å². The van der Waals surface area contributed by atoms with Gasteiger partial charge in [-0.25, -0.2) is 0 Å². The van der Waals surface area contributed by atoms with Gasteiger partial charge < -0.3 is 9.88 Å². The molecule has 1 amide bonds. The molecule has 1 aromatic carbocycles. The highest BCUT2D eigenvalue weighted by Gasteiger charge is 2.28.